The molecule has 2 atom stereocenters. The maximum atomic E-state index is 12.8. The highest BCUT2D eigenvalue weighted by atomic mass is 32.2. The predicted octanol–water partition coefficient (Wildman–Crippen LogP) is 0.928. The van der Waals surface area contributed by atoms with E-state index in [1.54, 1.807) is 18.5 Å². The van der Waals surface area contributed by atoms with Crippen LogP contribution in [0.3, 0.4) is 0 Å². The van der Waals surface area contributed by atoms with Gasteiger partial charge < -0.3 is 21.4 Å². The number of thiazole rings is 1. The van der Waals surface area contributed by atoms with Gasteiger partial charge in [-0.15, -0.1) is 34.9 Å². The van der Waals surface area contributed by atoms with Crippen molar-refractivity contribution in [2.45, 2.75) is 17.2 Å². The summed E-state index contributed by atoms with van der Waals surface area (Å²) in [5, 5.41) is 25.5. The summed E-state index contributed by atoms with van der Waals surface area (Å²) in [5.74, 6) is -1.69. The molecule has 2 amide bonds. The highest BCUT2D eigenvalue weighted by Crippen LogP contribution is 2.44. The van der Waals surface area contributed by atoms with E-state index in [0.717, 1.165) is 16.9 Å². The summed E-state index contributed by atoms with van der Waals surface area (Å²) in [6, 6.07) is 2.72. The zero-order chi connectivity index (χ0) is 22.8. The lowest BCUT2D eigenvalue weighted by Crippen LogP contribution is -2.71. The number of nitrogens with two attached hydrogens (primary N) is 1. The number of carboxylic acid groups (broad SMARTS) is 1. The SMILES string of the molecule is Nc1nc(/C(=N/O)C(=O)N[C@@H]2C(=O)N3C(C(=O)O)=C(SCc4cccnc4)CS[C@H]23)cs1. The third kappa shape index (κ3) is 4.16. The summed E-state index contributed by atoms with van der Waals surface area (Å²) in [6.07, 6.45) is 3.35. The monoisotopic (exact) mass is 492 g/mol. The van der Waals surface area contributed by atoms with Gasteiger partial charge in [-0.1, -0.05) is 11.2 Å². The van der Waals surface area contributed by atoms with Crippen LogP contribution in [-0.4, -0.2) is 65.8 Å². The van der Waals surface area contributed by atoms with Crippen LogP contribution in [0.4, 0.5) is 5.13 Å². The van der Waals surface area contributed by atoms with Gasteiger partial charge in [0.25, 0.3) is 11.8 Å². The van der Waals surface area contributed by atoms with Crippen LogP contribution in [0.25, 0.3) is 0 Å². The fourth-order valence-corrected chi connectivity index (χ4v) is 6.29. The summed E-state index contributed by atoms with van der Waals surface area (Å²) in [4.78, 5) is 46.9. The van der Waals surface area contributed by atoms with Crippen molar-refractivity contribution in [1.82, 2.24) is 20.2 Å². The van der Waals surface area contributed by atoms with E-state index >= 15 is 0 Å². The Balaban J connectivity index is 1.48. The number of anilines is 1. The number of fused-ring (bicyclic) bond motifs is 1. The molecule has 32 heavy (non-hydrogen) atoms. The molecular weight excluding hydrogens is 476 g/mol. The number of nitrogens with one attached hydrogen (secondary N) is 1. The third-order valence-corrected chi connectivity index (χ3v) is 7.94. The number of oxime groups is 1. The molecule has 0 radical (unpaired) electrons. The molecule has 2 aromatic rings. The minimum atomic E-state index is -1.21. The second kappa shape index (κ2) is 9.18. The van der Waals surface area contributed by atoms with Crippen molar-refractivity contribution in [3.8, 4) is 0 Å². The minimum absolute atomic E-state index is 0.0765. The molecule has 2 aliphatic heterocycles. The Labute approximate surface area is 193 Å². The molecule has 14 heteroatoms. The summed E-state index contributed by atoms with van der Waals surface area (Å²) < 4.78 is 0. The lowest BCUT2D eigenvalue weighted by molar-refractivity contribution is -0.150. The van der Waals surface area contributed by atoms with Crippen molar-refractivity contribution < 1.29 is 24.7 Å². The molecule has 166 valence electrons. The number of amides is 2. The van der Waals surface area contributed by atoms with Gasteiger partial charge in [-0.05, 0) is 11.6 Å². The lowest BCUT2D eigenvalue weighted by atomic mass is 10.0. The number of β-lactam (4-membered cyclic amide) rings is 1. The highest BCUT2D eigenvalue weighted by molar-refractivity contribution is 8.05. The van der Waals surface area contributed by atoms with Crippen LogP contribution in [-0.2, 0) is 20.1 Å². The molecule has 1 saturated heterocycles. The fraction of sp³-hybridized carbons (Fsp3) is 0.222. The Hall–Kier alpha value is -3.10. The van der Waals surface area contributed by atoms with Gasteiger partial charge >= 0.3 is 5.97 Å². The molecule has 0 bridgehead atoms. The molecule has 0 saturated carbocycles. The number of thioether (sulfide) groups is 2. The molecule has 11 nitrogen and oxygen atoms in total. The van der Waals surface area contributed by atoms with Crippen molar-refractivity contribution in [2.75, 3.05) is 11.5 Å². The largest absolute Gasteiger partial charge is 0.477 e. The molecule has 0 unspecified atom stereocenters. The van der Waals surface area contributed by atoms with E-state index in [2.05, 4.69) is 20.4 Å². The Morgan fingerprint density at radius 1 is 1.44 bits per heavy atom. The molecule has 5 N–H and O–H groups in total. The number of hydrogen-bond donors (Lipinski definition) is 4. The maximum Gasteiger partial charge on any atom is 0.353 e. The van der Waals surface area contributed by atoms with Crippen LogP contribution in [0.5, 0.6) is 0 Å². The van der Waals surface area contributed by atoms with E-state index in [-0.39, 0.29) is 22.2 Å². The number of pyridine rings is 1. The Kier molecular flexibility index (Phi) is 6.34. The van der Waals surface area contributed by atoms with E-state index in [9.17, 15) is 24.7 Å². The topological polar surface area (TPSA) is 171 Å². The summed E-state index contributed by atoms with van der Waals surface area (Å²) in [5.41, 5.74) is 6.09. The molecule has 0 aliphatic carbocycles. The van der Waals surface area contributed by atoms with Crippen LogP contribution >= 0.6 is 34.9 Å². The first-order valence-electron chi connectivity index (χ1n) is 9.07. The molecule has 2 aliphatic rings. The van der Waals surface area contributed by atoms with Crippen LogP contribution in [0.1, 0.15) is 11.3 Å². The zero-order valence-corrected chi connectivity index (χ0v) is 18.6. The van der Waals surface area contributed by atoms with Gasteiger partial charge in [0.1, 0.15) is 22.8 Å². The van der Waals surface area contributed by atoms with Crippen LogP contribution in [0.2, 0.25) is 0 Å². The number of aliphatic carboxylic acids is 1. The van der Waals surface area contributed by atoms with Gasteiger partial charge in [-0.2, -0.15) is 0 Å². The second-order valence-electron chi connectivity index (χ2n) is 6.61. The Morgan fingerprint density at radius 2 is 2.25 bits per heavy atom. The van der Waals surface area contributed by atoms with Gasteiger partial charge in [0.2, 0.25) is 0 Å². The molecule has 0 spiro atoms. The molecular formula is C18H16N6O5S3. The molecule has 4 rings (SSSR count). The standard InChI is InChI=1S/C18H16N6O5S3/c19-18-21-9(6-32-18)11(23-29)14(25)22-12-15(26)24-13(17(27)28)10(7-31-16(12)24)30-5-8-2-1-3-20-4-8/h1-4,6,12,16,29H,5,7H2,(H2,19,21)(H,22,25)(H,27,28)/b23-11-/t12-,16-/m1/s1. The van der Waals surface area contributed by atoms with E-state index in [0.29, 0.717) is 16.4 Å². The maximum absolute atomic E-state index is 12.8. The van der Waals surface area contributed by atoms with Crippen LogP contribution < -0.4 is 11.1 Å². The average Bonchev–Trinajstić information content (AvgIpc) is 3.22. The Bertz CT molecular complexity index is 1140. The van der Waals surface area contributed by atoms with Gasteiger partial charge in [0, 0.05) is 34.2 Å². The lowest BCUT2D eigenvalue weighted by Gasteiger charge is -2.49. The van der Waals surface area contributed by atoms with Crippen molar-refractivity contribution in [1.29, 1.82) is 0 Å². The third-order valence-electron chi connectivity index (χ3n) is 4.64. The van der Waals surface area contributed by atoms with Crippen molar-refractivity contribution in [3.05, 3.63) is 51.8 Å². The number of nitrogen functional groups attached to an aromatic ring is 1. The second-order valence-corrected chi connectivity index (χ2v) is 9.67. The average molecular weight is 493 g/mol. The highest BCUT2D eigenvalue weighted by Gasteiger charge is 2.54. The van der Waals surface area contributed by atoms with Crippen LogP contribution in [0, 0.1) is 0 Å². The Morgan fingerprint density at radius 3 is 2.88 bits per heavy atom. The molecule has 1 fully saturated rings. The smallest absolute Gasteiger partial charge is 0.353 e. The van der Waals surface area contributed by atoms with Crippen molar-refractivity contribution in [2.24, 2.45) is 5.16 Å². The summed E-state index contributed by atoms with van der Waals surface area (Å²) >= 11 is 3.75. The predicted molar refractivity (Wildman–Crippen MR) is 120 cm³/mol. The first-order valence-corrected chi connectivity index (χ1v) is 12.0. The first-order chi connectivity index (χ1) is 15.4. The first kappa shape index (κ1) is 22.1. The van der Waals surface area contributed by atoms with E-state index < -0.39 is 29.2 Å². The van der Waals surface area contributed by atoms with E-state index in [4.69, 9.17) is 5.73 Å². The van der Waals surface area contributed by atoms with E-state index in [1.807, 2.05) is 6.07 Å². The van der Waals surface area contributed by atoms with E-state index in [1.165, 1.54) is 33.8 Å². The normalized spacial score (nSPS) is 20.6. The molecule has 2 aromatic heterocycles. The van der Waals surface area contributed by atoms with Gasteiger partial charge in [-0.3, -0.25) is 19.5 Å². The minimum Gasteiger partial charge on any atom is -0.477 e. The zero-order valence-electron chi connectivity index (χ0n) is 16.2. The number of carbonyl (C=O) groups excluding carboxylic acids is 2. The number of aromatic nitrogens is 2. The number of nitrogens with zero attached hydrogens (tertiary/aromatic N) is 4. The number of hydrogen-bond acceptors (Lipinski definition) is 11. The van der Waals surface area contributed by atoms with Crippen molar-refractivity contribution in [3.63, 3.8) is 0 Å². The number of rotatable bonds is 7. The molecule has 4 heterocycles. The summed E-state index contributed by atoms with van der Waals surface area (Å²) in [6.45, 7) is 0. The number of carboxylic acids is 1. The van der Waals surface area contributed by atoms with Gasteiger partial charge in [-0.25, -0.2) is 9.78 Å². The quantitative estimate of drug-likeness (QED) is 0.189. The van der Waals surface area contributed by atoms with Gasteiger partial charge in [0.15, 0.2) is 10.8 Å². The van der Waals surface area contributed by atoms with Gasteiger partial charge in [0.05, 0.1) is 0 Å². The van der Waals surface area contributed by atoms with Crippen LogP contribution in [0.15, 0.2) is 45.7 Å². The fourth-order valence-electron chi connectivity index (χ4n) is 3.17. The molecule has 0 aromatic carbocycles. The number of carbonyl (C=O) groups is 3. The summed E-state index contributed by atoms with van der Waals surface area (Å²) in [7, 11) is 0. The van der Waals surface area contributed by atoms with Crippen molar-refractivity contribution >= 4 is 63.5 Å².